The van der Waals surface area contributed by atoms with Crippen LogP contribution in [0.1, 0.15) is 0 Å². The molecule has 6 heteroatoms. The Morgan fingerprint density at radius 1 is 1.20 bits per heavy atom. The van der Waals surface area contributed by atoms with Gasteiger partial charge < -0.3 is 15.2 Å². The molecule has 0 spiro atoms. The van der Waals surface area contributed by atoms with Crippen molar-refractivity contribution in [3.05, 3.63) is 40.9 Å². The Morgan fingerprint density at radius 3 is 2.55 bits per heavy atom. The minimum Gasteiger partial charge on any atom is -0.481 e. The van der Waals surface area contributed by atoms with E-state index in [0.29, 0.717) is 5.69 Å². The van der Waals surface area contributed by atoms with Crippen LogP contribution in [0.15, 0.2) is 40.9 Å². The lowest BCUT2D eigenvalue weighted by molar-refractivity contribution is -0.145. The van der Waals surface area contributed by atoms with Crippen molar-refractivity contribution in [2.24, 2.45) is 11.8 Å². The van der Waals surface area contributed by atoms with Gasteiger partial charge in [-0.15, -0.1) is 0 Å². The Balaban J connectivity index is 1.80. The number of benzene rings is 1. The molecule has 1 fully saturated rings. The van der Waals surface area contributed by atoms with Crippen LogP contribution in [0.5, 0.6) is 0 Å². The second-order valence-corrected chi connectivity index (χ2v) is 5.76. The van der Waals surface area contributed by atoms with Gasteiger partial charge in [0.25, 0.3) is 0 Å². The molecule has 20 heavy (non-hydrogen) atoms. The number of hydrogen-bond acceptors (Lipinski definition) is 3. The third-order valence-corrected chi connectivity index (χ3v) is 4.07. The number of carbonyl (C=O) groups is 2. The van der Waals surface area contributed by atoms with Crippen molar-refractivity contribution in [1.29, 1.82) is 0 Å². The van der Waals surface area contributed by atoms with Gasteiger partial charge in [0.2, 0.25) is 5.91 Å². The molecule has 4 atom stereocenters. The third-order valence-electron chi connectivity index (χ3n) is 3.58. The van der Waals surface area contributed by atoms with Crippen molar-refractivity contribution in [2.45, 2.75) is 12.2 Å². The second-order valence-electron chi connectivity index (χ2n) is 4.84. The molecule has 0 unspecified atom stereocenters. The van der Waals surface area contributed by atoms with Gasteiger partial charge >= 0.3 is 5.97 Å². The van der Waals surface area contributed by atoms with Gasteiger partial charge in [0, 0.05) is 10.2 Å². The number of halogens is 1. The van der Waals surface area contributed by atoms with E-state index in [9.17, 15) is 14.7 Å². The predicted molar refractivity (Wildman–Crippen MR) is 75.2 cm³/mol. The van der Waals surface area contributed by atoms with Gasteiger partial charge in [0.05, 0.1) is 18.1 Å². The average Bonchev–Trinajstić information content (AvgIpc) is 2.98. The highest BCUT2D eigenvalue weighted by Crippen LogP contribution is 2.39. The molecular formula is C14H12BrNO4. The Labute approximate surface area is 123 Å². The lowest BCUT2D eigenvalue weighted by Crippen LogP contribution is -2.39. The van der Waals surface area contributed by atoms with Gasteiger partial charge in [-0.2, -0.15) is 0 Å². The number of anilines is 1. The van der Waals surface area contributed by atoms with E-state index >= 15 is 0 Å². The Morgan fingerprint density at radius 2 is 1.90 bits per heavy atom. The summed E-state index contributed by atoms with van der Waals surface area (Å²) in [6.45, 7) is 0. The molecule has 5 nitrogen and oxygen atoms in total. The zero-order valence-corrected chi connectivity index (χ0v) is 11.9. The summed E-state index contributed by atoms with van der Waals surface area (Å²) in [4.78, 5) is 23.6. The number of carboxylic acid groups (broad SMARTS) is 1. The van der Waals surface area contributed by atoms with Crippen LogP contribution in [0.2, 0.25) is 0 Å². The van der Waals surface area contributed by atoms with Gasteiger partial charge in [0.15, 0.2) is 0 Å². The number of rotatable bonds is 3. The molecule has 2 heterocycles. The molecule has 1 aromatic rings. The molecule has 3 rings (SSSR count). The fraction of sp³-hybridized carbons (Fsp3) is 0.286. The van der Waals surface area contributed by atoms with Crippen LogP contribution in [0.3, 0.4) is 0 Å². The molecule has 0 saturated carbocycles. The maximum atomic E-state index is 12.3. The van der Waals surface area contributed by atoms with Gasteiger partial charge in [-0.25, -0.2) is 0 Å². The Kier molecular flexibility index (Phi) is 3.35. The van der Waals surface area contributed by atoms with Crippen LogP contribution in [0, 0.1) is 11.8 Å². The van der Waals surface area contributed by atoms with Crippen molar-refractivity contribution >= 4 is 33.5 Å². The number of ether oxygens (including phenoxy) is 1. The molecule has 2 aliphatic heterocycles. The largest absolute Gasteiger partial charge is 0.481 e. The van der Waals surface area contributed by atoms with Crippen molar-refractivity contribution in [2.75, 3.05) is 5.32 Å². The highest BCUT2D eigenvalue weighted by Gasteiger charge is 2.53. The van der Waals surface area contributed by atoms with Crippen LogP contribution in [-0.4, -0.2) is 29.2 Å². The van der Waals surface area contributed by atoms with Crippen molar-refractivity contribution in [3.8, 4) is 0 Å². The summed E-state index contributed by atoms with van der Waals surface area (Å²) in [7, 11) is 0. The number of nitrogens with one attached hydrogen (secondary N) is 1. The highest BCUT2D eigenvalue weighted by molar-refractivity contribution is 9.10. The fourth-order valence-electron chi connectivity index (χ4n) is 2.71. The lowest BCUT2D eigenvalue weighted by atomic mass is 9.82. The zero-order chi connectivity index (χ0) is 14.3. The van der Waals surface area contributed by atoms with E-state index in [2.05, 4.69) is 21.2 Å². The number of fused-ring (bicyclic) bond motifs is 2. The van der Waals surface area contributed by atoms with E-state index in [-0.39, 0.29) is 5.91 Å². The van der Waals surface area contributed by atoms with Gasteiger partial charge in [-0.1, -0.05) is 34.1 Å². The van der Waals surface area contributed by atoms with E-state index in [1.807, 2.05) is 6.07 Å². The number of amides is 1. The molecule has 0 radical (unpaired) electrons. The molecule has 0 aliphatic carbocycles. The topological polar surface area (TPSA) is 75.6 Å². The van der Waals surface area contributed by atoms with E-state index in [4.69, 9.17) is 4.74 Å². The summed E-state index contributed by atoms with van der Waals surface area (Å²) in [6.07, 6.45) is 2.52. The minimum absolute atomic E-state index is 0.327. The van der Waals surface area contributed by atoms with Crippen molar-refractivity contribution in [1.82, 2.24) is 0 Å². The van der Waals surface area contributed by atoms with Crippen LogP contribution < -0.4 is 5.32 Å². The maximum absolute atomic E-state index is 12.3. The zero-order valence-electron chi connectivity index (χ0n) is 10.3. The van der Waals surface area contributed by atoms with Crippen LogP contribution in [-0.2, 0) is 14.3 Å². The monoisotopic (exact) mass is 337 g/mol. The quantitative estimate of drug-likeness (QED) is 0.827. The number of hydrogen-bond donors (Lipinski definition) is 2. The number of carboxylic acids is 1. The maximum Gasteiger partial charge on any atom is 0.310 e. The van der Waals surface area contributed by atoms with Gasteiger partial charge in [-0.3, -0.25) is 9.59 Å². The molecule has 2 bridgehead atoms. The minimum atomic E-state index is -1.00. The number of aliphatic carboxylic acids is 1. The smallest absolute Gasteiger partial charge is 0.310 e. The predicted octanol–water partition coefficient (Wildman–Crippen LogP) is 2.04. The second kappa shape index (κ2) is 5.03. The SMILES string of the molecule is O=C(O)[C@@H]1[C@@H](C(=O)Nc2cccc(Br)c2)[C@@H]2C=C[C@@H]1O2. The number of carbonyl (C=O) groups excluding carboxylic acids is 1. The standard InChI is InChI=1S/C14H12BrNO4/c15-7-2-1-3-8(6-7)16-13(17)11-9-4-5-10(20-9)12(11)14(18)19/h1-6,9-12H,(H,16,17)(H,18,19)/t9-,10-,11-,12-/m0/s1. The van der Waals surface area contributed by atoms with Crippen molar-refractivity contribution < 1.29 is 19.4 Å². The molecule has 104 valence electrons. The Hall–Kier alpha value is -1.66. The first-order valence-electron chi connectivity index (χ1n) is 6.19. The third kappa shape index (κ3) is 2.25. The molecule has 2 aliphatic rings. The van der Waals surface area contributed by atoms with E-state index in [1.54, 1.807) is 30.4 Å². The van der Waals surface area contributed by atoms with E-state index < -0.39 is 30.0 Å². The molecule has 2 N–H and O–H groups in total. The van der Waals surface area contributed by atoms with E-state index in [1.165, 1.54) is 0 Å². The Bertz CT molecular complexity index is 601. The summed E-state index contributed by atoms with van der Waals surface area (Å²) < 4.78 is 6.32. The summed E-state index contributed by atoms with van der Waals surface area (Å²) in [6, 6.07) is 7.16. The molecule has 0 aromatic heterocycles. The van der Waals surface area contributed by atoms with Gasteiger partial charge in [-0.05, 0) is 18.2 Å². The van der Waals surface area contributed by atoms with Gasteiger partial charge in [0.1, 0.15) is 5.92 Å². The fourth-order valence-corrected chi connectivity index (χ4v) is 3.11. The summed E-state index contributed by atoms with van der Waals surface area (Å²) in [5, 5.41) is 12.0. The van der Waals surface area contributed by atoms with Crippen LogP contribution >= 0.6 is 15.9 Å². The first-order chi connectivity index (χ1) is 9.56. The van der Waals surface area contributed by atoms with Crippen LogP contribution in [0.25, 0.3) is 0 Å². The normalized spacial score (nSPS) is 30.4. The van der Waals surface area contributed by atoms with E-state index in [0.717, 1.165) is 4.47 Å². The molecule has 1 amide bonds. The molecule has 1 saturated heterocycles. The molecular weight excluding hydrogens is 326 g/mol. The summed E-state index contributed by atoms with van der Waals surface area (Å²) in [5.41, 5.74) is 0.625. The first kappa shape index (κ1) is 13.3. The summed E-state index contributed by atoms with van der Waals surface area (Å²) >= 11 is 3.32. The summed E-state index contributed by atoms with van der Waals surface area (Å²) in [5.74, 6) is -2.85. The van der Waals surface area contributed by atoms with Crippen molar-refractivity contribution in [3.63, 3.8) is 0 Å². The molecule has 1 aromatic carbocycles. The average molecular weight is 338 g/mol. The first-order valence-corrected chi connectivity index (χ1v) is 6.98. The lowest BCUT2D eigenvalue weighted by Gasteiger charge is -2.21. The highest BCUT2D eigenvalue weighted by atomic mass is 79.9. The van der Waals surface area contributed by atoms with Crippen LogP contribution in [0.4, 0.5) is 5.69 Å².